The number of nitrogens with two attached hydrogens (primary N) is 1. The van der Waals surface area contributed by atoms with Crippen molar-refractivity contribution in [2.75, 3.05) is 5.73 Å². The Morgan fingerprint density at radius 2 is 1.95 bits per heavy atom. The second kappa shape index (κ2) is 6.39. The molecule has 3 nitrogen and oxygen atoms in total. The summed E-state index contributed by atoms with van der Waals surface area (Å²) in [7, 11) is 0. The van der Waals surface area contributed by atoms with E-state index < -0.39 is 11.8 Å². The summed E-state index contributed by atoms with van der Waals surface area (Å²) in [5.74, 6) is -0.842. The van der Waals surface area contributed by atoms with Gasteiger partial charge in [0.2, 0.25) is 0 Å². The van der Waals surface area contributed by atoms with Crippen LogP contribution in [0, 0.1) is 5.82 Å². The average molecular weight is 294 g/mol. The molecule has 2 aromatic carbocycles. The molecular weight excluding hydrogens is 281 g/mol. The van der Waals surface area contributed by atoms with Gasteiger partial charge in [-0.05, 0) is 23.8 Å². The maximum absolute atomic E-state index is 12.9. The van der Waals surface area contributed by atoms with Crippen molar-refractivity contribution in [3.8, 4) is 0 Å². The Morgan fingerprint density at radius 3 is 2.65 bits per heavy atom. The van der Waals surface area contributed by atoms with Gasteiger partial charge in [-0.3, -0.25) is 4.79 Å². The minimum atomic E-state index is -0.429. The number of esters is 1. The molecule has 20 heavy (non-hydrogen) atoms. The Balaban J connectivity index is 1.94. The predicted octanol–water partition coefficient (Wildman–Crippen LogP) is 3.35. The molecule has 0 aliphatic heterocycles. The van der Waals surface area contributed by atoms with Crippen LogP contribution in [0.4, 0.5) is 10.1 Å². The smallest absolute Gasteiger partial charge is 0.310 e. The van der Waals surface area contributed by atoms with Crippen LogP contribution in [0.1, 0.15) is 11.1 Å². The molecule has 0 spiro atoms. The molecule has 0 atom stereocenters. The van der Waals surface area contributed by atoms with E-state index in [1.165, 1.54) is 18.2 Å². The van der Waals surface area contributed by atoms with Gasteiger partial charge in [0, 0.05) is 11.3 Å². The molecule has 0 fully saturated rings. The fourth-order valence-electron chi connectivity index (χ4n) is 1.70. The van der Waals surface area contributed by atoms with Gasteiger partial charge in [0.1, 0.15) is 12.4 Å². The van der Waals surface area contributed by atoms with E-state index in [9.17, 15) is 9.18 Å². The van der Waals surface area contributed by atoms with Crippen LogP contribution < -0.4 is 5.73 Å². The number of hydrogen-bond donors (Lipinski definition) is 1. The van der Waals surface area contributed by atoms with Crippen molar-refractivity contribution in [2.45, 2.75) is 13.0 Å². The van der Waals surface area contributed by atoms with Crippen molar-refractivity contribution in [3.05, 3.63) is 64.4 Å². The molecule has 5 heteroatoms. The van der Waals surface area contributed by atoms with E-state index in [0.717, 1.165) is 0 Å². The zero-order valence-corrected chi connectivity index (χ0v) is 11.4. The highest BCUT2D eigenvalue weighted by molar-refractivity contribution is 6.31. The van der Waals surface area contributed by atoms with E-state index in [0.29, 0.717) is 16.8 Å². The van der Waals surface area contributed by atoms with Crippen molar-refractivity contribution in [1.29, 1.82) is 0 Å². The lowest BCUT2D eigenvalue weighted by molar-refractivity contribution is -0.144. The summed E-state index contributed by atoms with van der Waals surface area (Å²) in [4.78, 5) is 11.7. The van der Waals surface area contributed by atoms with Crippen LogP contribution in [-0.4, -0.2) is 5.97 Å². The van der Waals surface area contributed by atoms with Gasteiger partial charge in [-0.1, -0.05) is 35.9 Å². The van der Waals surface area contributed by atoms with Crippen LogP contribution in [0.3, 0.4) is 0 Å². The van der Waals surface area contributed by atoms with Gasteiger partial charge < -0.3 is 10.5 Å². The maximum Gasteiger partial charge on any atom is 0.310 e. The zero-order valence-electron chi connectivity index (χ0n) is 10.6. The summed E-state index contributed by atoms with van der Waals surface area (Å²) in [5.41, 5.74) is 7.56. The van der Waals surface area contributed by atoms with E-state index in [-0.39, 0.29) is 18.1 Å². The van der Waals surface area contributed by atoms with Crippen LogP contribution >= 0.6 is 11.6 Å². The van der Waals surface area contributed by atoms with Gasteiger partial charge in [-0.15, -0.1) is 0 Å². The van der Waals surface area contributed by atoms with Crippen LogP contribution in [-0.2, 0) is 22.6 Å². The van der Waals surface area contributed by atoms with Gasteiger partial charge in [0.15, 0.2) is 0 Å². The number of benzene rings is 2. The summed E-state index contributed by atoms with van der Waals surface area (Å²) in [6.07, 6.45) is 0.0888. The highest BCUT2D eigenvalue weighted by Gasteiger charge is 2.09. The molecular formula is C15H13ClFNO2. The van der Waals surface area contributed by atoms with Crippen LogP contribution in [0.5, 0.6) is 0 Å². The molecule has 0 aromatic heterocycles. The third-order valence-corrected chi connectivity index (χ3v) is 3.15. The molecule has 0 aliphatic carbocycles. The number of hydrogen-bond acceptors (Lipinski definition) is 3. The number of ether oxygens (including phenoxy) is 1. The van der Waals surface area contributed by atoms with Crippen molar-refractivity contribution < 1.29 is 13.9 Å². The summed E-state index contributed by atoms with van der Waals surface area (Å²) in [6.45, 7) is 0.00465. The van der Waals surface area contributed by atoms with Gasteiger partial charge in [0.05, 0.1) is 11.4 Å². The second-order valence-electron chi connectivity index (χ2n) is 4.27. The Morgan fingerprint density at radius 1 is 1.20 bits per heavy atom. The molecule has 2 aromatic rings. The number of nitrogen functional groups attached to an aromatic ring is 1. The van der Waals surface area contributed by atoms with E-state index in [1.54, 1.807) is 24.3 Å². The molecule has 0 saturated carbocycles. The molecule has 0 bridgehead atoms. The Hall–Kier alpha value is -2.07. The first-order valence-corrected chi connectivity index (χ1v) is 6.37. The molecule has 104 valence electrons. The SMILES string of the molecule is Nc1ccccc1CC(=O)OCc1ccc(F)cc1Cl. The Kier molecular flexibility index (Phi) is 4.58. The summed E-state index contributed by atoms with van der Waals surface area (Å²) < 4.78 is 18.0. The maximum atomic E-state index is 12.9. The highest BCUT2D eigenvalue weighted by Crippen LogP contribution is 2.18. The fraction of sp³-hybridized carbons (Fsp3) is 0.133. The number of rotatable bonds is 4. The van der Waals surface area contributed by atoms with E-state index in [4.69, 9.17) is 22.1 Å². The third kappa shape index (κ3) is 3.71. The first-order valence-electron chi connectivity index (χ1n) is 5.99. The van der Waals surface area contributed by atoms with E-state index in [2.05, 4.69) is 0 Å². The quantitative estimate of drug-likeness (QED) is 0.695. The molecule has 2 rings (SSSR count). The topological polar surface area (TPSA) is 52.3 Å². The van der Waals surface area contributed by atoms with Gasteiger partial charge >= 0.3 is 5.97 Å². The van der Waals surface area contributed by atoms with Crippen LogP contribution in [0.25, 0.3) is 0 Å². The number of para-hydroxylation sites is 1. The third-order valence-electron chi connectivity index (χ3n) is 2.79. The number of anilines is 1. The average Bonchev–Trinajstić information content (AvgIpc) is 2.40. The molecule has 0 aliphatic rings. The second-order valence-corrected chi connectivity index (χ2v) is 4.68. The standard InChI is InChI=1S/C15H13ClFNO2/c16-13-8-12(17)6-5-11(13)9-20-15(19)7-10-3-1-2-4-14(10)18/h1-6,8H,7,9,18H2. The summed E-state index contributed by atoms with van der Waals surface area (Å²) in [5, 5.41) is 0.233. The highest BCUT2D eigenvalue weighted by atomic mass is 35.5. The largest absolute Gasteiger partial charge is 0.460 e. The van der Waals surface area contributed by atoms with Crippen LogP contribution in [0.15, 0.2) is 42.5 Å². The summed E-state index contributed by atoms with van der Waals surface area (Å²) >= 11 is 5.85. The van der Waals surface area contributed by atoms with Crippen molar-refractivity contribution in [1.82, 2.24) is 0 Å². The van der Waals surface area contributed by atoms with Crippen LogP contribution in [0.2, 0.25) is 5.02 Å². The van der Waals surface area contributed by atoms with Crippen molar-refractivity contribution >= 4 is 23.3 Å². The lowest BCUT2D eigenvalue weighted by atomic mass is 10.1. The van der Waals surface area contributed by atoms with E-state index >= 15 is 0 Å². The Labute approximate surface area is 121 Å². The Bertz CT molecular complexity index is 631. The number of carbonyl (C=O) groups is 1. The molecule has 0 amide bonds. The number of halogens is 2. The first-order chi connectivity index (χ1) is 9.56. The van der Waals surface area contributed by atoms with Gasteiger partial charge in [0.25, 0.3) is 0 Å². The lowest BCUT2D eigenvalue weighted by Gasteiger charge is -2.08. The van der Waals surface area contributed by atoms with E-state index in [1.807, 2.05) is 0 Å². The monoisotopic (exact) mass is 293 g/mol. The lowest BCUT2D eigenvalue weighted by Crippen LogP contribution is -2.09. The molecule has 0 unspecified atom stereocenters. The minimum absolute atomic E-state index is 0.00465. The normalized spacial score (nSPS) is 10.3. The van der Waals surface area contributed by atoms with Gasteiger partial charge in [-0.25, -0.2) is 4.39 Å². The molecule has 0 saturated heterocycles. The molecule has 2 N–H and O–H groups in total. The molecule has 0 heterocycles. The first kappa shape index (κ1) is 14.3. The van der Waals surface area contributed by atoms with Crippen molar-refractivity contribution in [3.63, 3.8) is 0 Å². The minimum Gasteiger partial charge on any atom is -0.460 e. The zero-order chi connectivity index (χ0) is 14.5. The summed E-state index contributed by atoms with van der Waals surface area (Å²) in [6, 6.07) is 11.0. The predicted molar refractivity (Wildman–Crippen MR) is 75.8 cm³/mol. The number of carbonyl (C=O) groups excluding carboxylic acids is 1. The fourth-order valence-corrected chi connectivity index (χ4v) is 1.92. The van der Waals surface area contributed by atoms with Crippen molar-refractivity contribution in [2.24, 2.45) is 0 Å². The molecule has 0 radical (unpaired) electrons. The van der Waals surface area contributed by atoms with Gasteiger partial charge in [-0.2, -0.15) is 0 Å².